The number of nitrogens with two attached hydrogens (primary N) is 1. The van der Waals surface area contributed by atoms with Crippen molar-refractivity contribution in [1.29, 1.82) is 0 Å². The summed E-state index contributed by atoms with van der Waals surface area (Å²) in [5, 5.41) is 0.757. The quantitative estimate of drug-likeness (QED) is 0.905. The highest BCUT2D eigenvalue weighted by molar-refractivity contribution is 7.99. The number of hydrogen-bond donors (Lipinski definition) is 1. The van der Waals surface area contributed by atoms with Gasteiger partial charge in [0.05, 0.1) is 0 Å². The van der Waals surface area contributed by atoms with Crippen molar-refractivity contribution >= 4 is 11.8 Å². The van der Waals surface area contributed by atoms with E-state index in [9.17, 15) is 4.39 Å². The first-order chi connectivity index (χ1) is 8.18. The number of pyridine rings is 1. The molecule has 0 bridgehead atoms. The summed E-state index contributed by atoms with van der Waals surface area (Å²) in [5.41, 5.74) is 6.79. The highest BCUT2D eigenvalue weighted by atomic mass is 32.2. The molecule has 0 aliphatic rings. The fourth-order valence-electron chi connectivity index (χ4n) is 1.47. The van der Waals surface area contributed by atoms with Crippen molar-refractivity contribution in [1.82, 2.24) is 4.98 Å². The summed E-state index contributed by atoms with van der Waals surface area (Å²) in [5.74, 6) is -0.237. The summed E-state index contributed by atoms with van der Waals surface area (Å²) in [6.45, 7) is 1.89. The van der Waals surface area contributed by atoms with Gasteiger partial charge in [-0.2, -0.15) is 0 Å². The molecular formula is C13H13FN2S. The molecule has 1 aromatic heterocycles. The molecule has 1 atom stereocenters. The van der Waals surface area contributed by atoms with Gasteiger partial charge in [-0.15, -0.1) is 0 Å². The smallest absolute Gasteiger partial charge is 0.137 e. The lowest BCUT2D eigenvalue weighted by atomic mass is 10.2. The zero-order chi connectivity index (χ0) is 12.3. The third kappa shape index (κ3) is 2.84. The molecule has 2 rings (SSSR count). The van der Waals surface area contributed by atoms with Gasteiger partial charge in [0.15, 0.2) is 0 Å². The summed E-state index contributed by atoms with van der Waals surface area (Å²) in [7, 11) is 0. The van der Waals surface area contributed by atoms with E-state index in [2.05, 4.69) is 4.98 Å². The molecule has 0 saturated heterocycles. The van der Waals surface area contributed by atoms with Crippen molar-refractivity contribution in [2.24, 2.45) is 5.73 Å². The van der Waals surface area contributed by atoms with Gasteiger partial charge in [0.1, 0.15) is 10.8 Å². The Morgan fingerprint density at radius 1 is 1.24 bits per heavy atom. The summed E-state index contributed by atoms with van der Waals surface area (Å²) in [6.07, 6.45) is 1.69. The molecule has 0 amide bonds. The molecule has 1 heterocycles. The molecule has 88 valence electrons. The van der Waals surface area contributed by atoms with E-state index in [1.54, 1.807) is 24.4 Å². The molecule has 0 fully saturated rings. The zero-order valence-electron chi connectivity index (χ0n) is 9.43. The van der Waals surface area contributed by atoms with Gasteiger partial charge >= 0.3 is 0 Å². The van der Waals surface area contributed by atoms with E-state index in [0.717, 1.165) is 10.6 Å². The number of rotatable bonds is 3. The molecular weight excluding hydrogens is 235 g/mol. The number of hydrogen-bond acceptors (Lipinski definition) is 3. The van der Waals surface area contributed by atoms with E-state index in [1.165, 1.54) is 17.8 Å². The number of aromatic nitrogens is 1. The van der Waals surface area contributed by atoms with Gasteiger partial charge < -0.3 is 5.73 Å². The molecule has 17 heavy (non-hydrogen) atoms. The molecule has 2 N–H and O–H groups in total. The monoisotopic (exact) mass is 248 g/mol. The maximum atomic E-state index is 13.5. The SMILES string of the molecule is C[C@H](N)c1cccnc1Sc1ccccc1F. The van der Waals surface area contributed by atoms with E-state index in [0.29, 0.717) is 4.90 Å². The minimum atomic E-state index is -0.237. The third-order valence-electron chi connectivity index (χ3n) is 2.33. The fourth-order valence-corrected chi connectivity index (χ4v) is 2.47. The van der Waals surface area contributed by atoms with Crippen molar-refractivity contribution in [2.75, 3.05) is 0 Å². The Kier molecular flexibility index (Phi) is 3.76. The lowest BCUT2D eigenvalue weighted by Crippen LogP contribution is -2.07. The van der Waals surface area contributed by atoms with Crippen molar-refractivity contribution < 1.29 is 4.39 Å². The van der Waals surface area contributed by atoms with Gasteiger partial charge in [0, 0.05) is 22.7 Å². The molecule has 1 aromatic carbocycles. The Morgan fingerprint density at radius 2 is 2.00 bits per heavy atom. The Balaban J connectivity index is 2.34. The van der Waals surface area contributed by atoms with Gasteiger partial charge in [0.2, 0.25) is 0 Å². The van der Waals surface area contributed by atoms with Crippen LogP contribution < -0.4 is 5.73 Å². The van der Waals surface area contributed by atoms with Gasteiger partial charge in [-0.05, 0) is 25.1 Å². The average molecular weight is 248 g/mol. The predicted octanol–water partition coefficient (Wildman–Crippen LogP) is 3.39. The zero-order valence-corrected chi connectivity index (χ0v) is 10.2. The van der Waals surface area contributed by atoms with Crippen LogP contribution in [0.15, 0.2) is 52.5 Å². The van der Waals surface area contributed by atoms with E-state index < -0.39 is 0 Å². The van der Waals surface area contributed by atoms with E-state index >= 15 is 0 Å². The van der Waals surface area contributed by atoms with Gasteiger partial charge in [0.25, 0.3) is 0 Å². The Morgan fingerprint density at radius 3 is 2.71 bits per heavy atom. The minimum Gasteiger partial charge on any atom is -0.324 e. The Bertz CT molecular complexity index is 514. The van der Waals surface area contributed by atoms with Crippen LogP contribution in [0.1, 0.15) is 18.5 Å². The van der Waals surface area contributed by atoms with Crippen LogP contribution in [0.3, 0.4) is 0 Å². The second-order valence-corrected chi connectivity index (χ2v) is 4.75. The molecule has 0 unspecified atom stereocenters. The van der Waals surface area contributed by atoms with Crippen molar-refractivity contribution in [3.8, 4) is 0 Å². The summed E-state index contributed by atoms with van der Waals surface area (Å²) < 4.78 is 13.5. The first-order valence-electron chi connectivity index (χ1n) is 5.31. The van der Waals surface area contributed by atoms with Crippen LogP contribution >= 0.6 is 11.8 Å². The first-order valence-corrected chi connectivity index (χ1v) is 6.13. The lowest BCUT2D eigenvalue weighted by molar-refractivity contribution is 0.601. The average Bonchev–Trinajstić information content (AvgIpc) is 2.32. The van der Waals surface area contributed by atoms with Gasteiger partial charge in [-0.1, -0.05) is 30.0 Å². The van der Waals surface area contributed by atoms with E-state index in [4.69, 9.17) is 5.73 Å². The summed E-state index contributed by atoms with van der Waals surface area (Å²) in [4.78, 5) is 4.82. The molecule has 0 spiro atoms. The summed E-state index contributed by atoms with van der Waals surface area (Å²) in [6, 6.07) is 10.3. The third-order valence-corrected chi connectivity index (χ3v) is 3.42. The minimum absolute atomic E-state index is 0.113. The molecule has 0 saturated carbocycles. The number of halogens is 1. The molecule has 0 aliphatic carbocycles. The number of nitrogens with zero attached hydrogens (tertiary/aromatic N) is 1. The van der Waals surface area contributed by atoms with Gasteiger partial charge in [-0.3, -0.25) is 0 Å². The van der Waals surface area contributed by atoms with Crippen LogP contribution in [0.2, 0.25) is 0 Å². The summed E-state index contributed by atoms with van der Waals surface area (Å²) >= 11 is 1.30. The lowest BCUT2D eigenvalue weighted by Gasteiger charge is -2.10. The van der Waals surface area contributed by atoms with Crippen LogP contribution in [-0.2, 0) is 0 Å². The molecule has 0 aliphatic heterocycles. The highest BCUT2D eigenvalue weighted by Crippen LogP contribution is 2.32. The standard InChI is InChI=1S/C13H13FN2S/c1-9(15)10-5-4-8-16-13(10)17-12-7-3-2-6-11(12)14/h2-9H,15H2,1H3/t9-/m0/s1. The van der Waals surface area contributed by atoms with Crippen molar-refractivity contribution in [3.05, 3.63) is 54.0 Å². The number of benzene rings is 1. The van der Waals surface area contributed by atoms with Crippen LogP contribution in [0.25, 0.3) is 0 Å². The molecule has 2 nitrogen and oxygen atoms in total. The largest absolute Gasteiger partial charge is 0.324 e. The second kappa shape index (κ2) is 5.29. The first kappa shape index (κ1) is 12.1. The normalized spacial score (nSPS) is 12.4. The van der Waals surface area contributed by atoms with Crippen LogP contribution in [-0.4, -0.2) is 4.98 Å². The fraction of sp³-hybridized carbons (Fsp3) is 0.154. The topological polar surface area (TPSA) is 38.9 Å². The molecule has 4 heteroatoms. The maximum absolute atomic E-state index is 13.5. The molecule has 0 radical (unpaired) electrons. The second-order valence-electron chi connectivity index (χ2n) is 3.72. The Hall–Kier alpha value is -1.39. The Labute approximate surface area is 104 Å². The van der Waals surface area contributed by atoms with Gasteiger partial charge in [-0.25, -0.2) is 9.37 Å². The van der Waals surface area contributed by atoms with Crippen LogP contribution in [0.4, 0.5) is 4.39 Å². The van der Waals surface area contributed by atoms with Crippen molar-refractivity contribution in [3.63, 3.8) is 0 Å². The predicted molar refractivity (Wildman–Crippen MR) is 67.4 cm³/mol. The highest BCUT2D eigenvalue weighted by Gasteiger charge is 2.11. The van der Waals surface area contributed by atoms with Crippen LogP contribution in [0.5, 0.6) is 0 Å². The maximum Gasteiger partial charge on any atom is 0.137 e. The van der Waals surface area contributed by atoms with Crippen LogP contribution in [0, 0.1) is 5.82 Å². The van der Waals surface area contributed by atoms with E-state index in [1.807, 2.05) is 19.1 Å². The van der Waals surface area contributed by atoms with E-state index in [-0.39, 0.29) is 11.9 Å². The molecule has 2 aromatic rings. The van der Waals surface area contributed by atoms with Crippen molar-refractivity contribution in [2.45, 2.75) is 22.9 Å².